The van der Waals surface area contributed by atoms with Crippen LogP contribution in [-0.2, 0) is 18.9 Å². The van der Waals surface area contributed by atoms with E-state index in [2.05, 4.69) is 107 Å². The maximum absolute atomic E-state index is 10.4. The molecule has 0 bridgehead atoms. The highest BCUT2D eigenvalue weighted by Crippen LogP contribution is 2.69. The lowest BCUT2D eigenvalue weighted by molar-refractivity contribution is -0.349. The molecule has 2 heterocycles. The minimum atomic E-state index is -1.57. The molecule has 10 rings (SSSR count). The van der Waals surface area contributed by atoms with Crippen LogP contribution in [0.15, 0.2) is 35.5 Å². The molecule has 8 N–H and O–H groups in total. The fourth-order valence-electron chi connectivity index (χ4n) is 20.6. The number of hydrogen-bond acceptors (Lipinski definition) is 12. The lowest BCUT2D eigenvalue weighted by atomic mass is 9.47. The van der Waals surface area contributed by atoms with Crippen LogP contribution in [0.2, 0.25) is 0 Å². The van der Waals surface area contributed by atoms with Gasteiger partial charge in [-0.2, -0.15) is 0 Å². The molecule has 8 fully saturated rings. The van der Waals surface area contributed by atoms with E-state index in [0.29, 0.717) is 34.5 Å². The second-order valence-electron chi connectivity index (χ2n) is 30.2. The summed E-state index contributed by atoms with van der Waals surface area (Å²) in [5.41, 5.74) is 4.24. The SMILES string of the molecule is CC[C@H](/C=C/[C@@H](C)[C@H]1CCC2C3CC=C4C[C@@H](O[C@H]5O[C@@H](O)[C@H](O)[C@@H](O)[C@@H]5O)CC[C@]4(C)C3CC[C@@]21C)C(C)C.CC[C@H](CC[C@@H](C)[C@H]1CCC2C3CC=C4C[C@@H](O[C@H]5O[C@@H](O)[C@H](O)[C@@H](O)[C@@H]5O)CC[C@]4(C)C3CC[C@@]21C)C(C)C. The molecule has 0 spiro atoms. The summed E-state index contributed by atoms with van der Waals surface area (Å²) >= 11 is 0. The first kappa shape index (κ1) is 63.2. The summed E-state index contributed by atoms with van der Waals surface area (Å²) in [6, 6.07) is 0. The van der Waals surface area contributed by atoms with Crippen LogP contribution in [0.5, 0.6) is 0 Å². The van der Waals surface area contributed by atoms with Crippen molar-refractivity contribution < 1.29 is 59.8 Å². The van der Waals surface area contributed by atoms with Gasteiger partial charge in [-0.1, -0.05) is 131 Å². The molecule has 12 heteroatoms. The van der Waals surface area contributed by atoms with Gasteiger partial charge in [0.25, 0.3) is 0 Å². The molecule has 8 aliphatic carbocycles. The molecule has 6 saturated carbocycles. The van der Waals surface area contributed by atoms with E-state index in [-0.39, 0.29) is 23.0 Å². The Morgan fingerprint density at radius 2 is 0.975 bits per heavy atom. The van der Waals surface area contributed by atoms with E-state index in [1.807, 2.05) is 0 Å². The fourth-order valence-corrected chi connectivity index (χ4v) is 20.6. The average molecular weight is 1120 g/mol. The Bertz CT molecular complexity index is 2150. The Balaban J connectivity index is 0.000000194. The average Bonchev–Trinajstić information content (AvgIpc) is 4.17. The van der Waals surface area contributed by atoms with Gasteiger partial charge in [0.2, 0.25) is 0 Å². The van der Waals surface area contributed by atoms with E-state index in [1.165, 1.54) is 94.6 Å². The third kappa shape index (κ3) is 11.9. The van der Waals surface area contributed by atoms with Crippen molar-refractivity contribution in [3.05, 3.63) is 35.5 Å². The zero-order chi connectivity index (χ0) is 58.0. The molecule has 0 amide bonds. The van der Waals surface area contributed by atoms with Crippen molar-refractivity contribution in [3.8, 4) is 0 Å². The van der Waals surface area contributed by atoms with Crippen LogP contribution < -0.4 is 0 Å². The first-order chi connectivity index (χ1) is 37.8. The molecule has 12 nitrogen and oxygen atoms in total. The first-order valence-corrected chi connectivity index (χ1v) is 32.9. The molecule has 0 radical (unpaired) electrons. The maximum atomic E-state index is 10.4. The van der Waals surface area contributed by atoms with Crippen LogP contribution >= 0.6 is 0 Å². The number of hydrogen-bond donors (Lipinski definition) is 8. The van der Waals surface area contributed by atoms with Crippen molar-refractivity contribution in [2.45, 2.75) is 285 Å². The molecule has 80 heavy (non-hydrogen) atoms. The topological polar surface area (TPSA) is 199 Å². The molecule has 28 atom stereocenters. The smallest absolute Gasteiger partial charge is 0.189 e. The molecule has 2 saturated heterocycles. The van der Waals surface area contributed by atoms with E-state index in [0.717, 1.165) is 104 Å². The summed E-state index contributed by atoms with van der Waals surface area (Å²) in [5.74, 6) is 10.7. The van der Waals surface area contributed by atoms with Gasteiger partial charge in [0.15, 0.2) is 25.2 Å². The Morgan fingerprint density at radius 1 is 0.512 bits per heavy atom. The highest BCUT2D eigenvalue weighted by molar-refractivity contribution is 5.27. The summed E-state index contributed by atoms with van der Waals surface area (Å²) in [7, 11) is 0. The number of rotatable bonds is 15. The Hall–Kier alpha value is -1.26. The summed E-state index contributed by atoms with van der Waals surface area (Å²) in [6.45, 7) is 29.4. The van der Waals surface area contributed by atoms with Crippen LogP contribution in [0.25, 0.3) is 0 Å². The molecule has 6 unspecified atom stereocenters. The lowest BCUT2D eigenvalue weighted by Crippen LogP contribution is -2.59. The van der Waals surface area contributed by atoms with Crippen LogP contribution in [-0.4, -0.2) is 115 Å². The maximum Gasteiger partial charge on any atom is 0.189 e. The Kier molecular flexibility index (Phi) is 19.9. The van der Waals surface area contributed by atoms with Gasteiger partial charge >= 0.3 is 0 Å². The van der Waals surface area contributed by atoms with Gasteiger partial charge in [0.05, 0.1) is 12.2 Å². The molecule has 10 aliphatic rings. The molecule has 2 aliphatic heterocycles. The number of aliphatic hydroxyl groups is 8. The van der Waals surface area contributed by atoms with Gasteiger partial charge in [0.1, 0.15) is 36.6 Å². The van der Waals surface area contributed by atoms with Crippen LogP contribution in [0.3, 0.4) is 0 Å². The van der Waals surface area contributed by atoms with Gasteiger partial charge in [-0.25, -0.2) is 0 Å². The summed E-state index contributed by atoms with van der Waals surface area (Å²) in [5, 5.41) is 80.3. The summed E-state index contributed by atoms with van der Waals surface area (Å²) < 4.78 is 22.8. The zero-order valence-electron chi connectivity index (χ0n) is 51.7. The van der Waals surface area contributed by atoms with Crippen molar-refractivity contribution in [1.29, 1.82) is 0 Å². The highest BCUT2D eigenvalue weighted by atomic mass is 16.8. The second-order valence-corrected chi connectivity index (χ2v) is 30.2. The zero-order valence-corrected chi connectivity index (χ0v) is 51.7. The lowest BCUT2D eigenvalue weighted by Gasteiger charge is -2.58. The standard InChI is InChI=1S/C34H58O6.C34H56O6/c2*1-7-21(19(2)3)9-8-20(4)25-12-13-26-24-11-10-22-18-23(39-32-30(37)28(35)29(36)31(38)40-32)14-16-33(22,5)27(24)15-17-34(25,26)6/h10,19-21,23-32,35-38H,7-9,11-18H2,1-6H3;8-10,19-21,23-32,35-38H,7,11-18H2,1-6H3/b;9-8+/t2*20-,21-,23+,24?,25-,26?,27?,28-,29-,30+,31-,32+,33+,34-/m11/s1. The quantitative estimate of drug-likeness (QED) is 0.0723. The van der Waals surface area contributed by atoms with Gasteiger partial charge in [-0.15, -0.1) is 0 Å². The summed E-state index contributed by atoms with van der Waals surface area (Å²) in [6.07, 6.45) is 19.5. The Labute approximate surface area is 483 Å². The van der Waals surface area contributed by atoms with Gasteiger partial charge in [-0.05, 0) is 220 Å². The third-order valence-corrected chi connectivity index (χ3v) is 25.8. The van der Waals surface area contributed by atoms with E-state index < -0.39 is 61.8 Å². The molecular weight excluding hydrogens is 1010 g/mol. The van der Waals surface area contributed by atoms with Crippen LogP contribution in [0, 0.1) is 105 Å². The van der Waals surface area contributed by atoms with Gasteiger partial charge < -0.3 is 59.8 Å². The first-order valence-electron chi connectivity index (χ1n) is 32.9. The normalized spacial score (nSPS) is 48.7. The number of ether oxygens (including phenoxy) is 4. The largest absolute Gasteiger partial charge is 0.387 e. The van der Waals surface area contributed by atoms with Gasteiger partial charge in [-0.3, -0.25) is 0 Å². The molecular formula is C68H114O12. The minimum absolute atomic E-state index is 0.131. The number of fused-ring (bicyclic) bond motifs is 10. The van der Waals surface area contributed by atoms with E-state index in [4.69, 9.17) is 18.9 Å². The minimum Gasteiger partial charge on any atom is -0.387 e. The third-order valence-electron chi connectivity index (χ3n) is 25.8. The van der Waals surface area contributed by atoms with Crippen molar-refractivity contribution >= 4 is 0 Å². The van der Waals surface area contributed by atoms with Crippen molar-refractivity contribution in [3.63, 3.8) is 0 Å². The summed E-state index contributed by atoms with van der Waals surface area (Å²) in [4.78, 5) is 0. The van der Waals surface area contributed by atoms with E-state index >= 15 is 0 Å². The number of allylic oxidation sites excluding steroid dienone is 4. The second kappa shape index (κ2) is 25.2. The predicted octanol–water partition coefficient (Wildman–Crippen LogP) is 11.4. The monoisotopic (exact) mass is 1120 g/mol. The van der Waals surface area contributed by atoms with E-state index in [1.54, 1.807) is 0 Å². The van der Waals surface area contributed by atoms with Crippen molar-refractivity contribution in [2.75, 3.05) is 0 Å². The Morgan fingerprint density at radius 3 is 1.41 bits per heavy atom. The molecule has 0 aromatic heterocycles. The highest BCUT2D eigenvalue weighted by Gasteiger charge is 2.61. The van der Waals surface area contributed by atoms with Crippen molar-refractivity contribution in [1.82, 2.24) is 0 Å². The van der Waals surface area contributed by atoms with Crippen molar-refractivity contribution in [2.24, 2.45) is 105 Å². The fraction of sp³-hybridized carbons (Fsp3) is 0.912. The van der Waals surface area contributed by atoms with E-state index in [9.17, 15) is 40.9 Å². The van der Waals surface area contributed by atoms with Crippen LogP contribution in [0.4, 0.5) is 0 Å². The van der Waals surface area contributed by atoms with Gasteiger partial charge in [0, 0.05) is 0 Å². The molecule has 458 valence electrons. The molecule has 0 aromatic carbocycles. The predicted molar refractivity (Wildman–Crippen MR) is 312 cm³/mol. The molecule has 0 aromatic rings. The van der Waals surface area contributed by atoms with Crippen LogP contribution in [0.1, 0.15) is 212 Å². The number of aliphatic hydroxyl groups excluding tert-OH is 8.